The van der Waals surface area contributed by atoms with Crippen molar-refractivity contribution in [2.75, 3.05) is 51.1 Å². The summed E-state index contributed by atoms with van der Waals surface area (Å²) in [5, 5.41) is 33.7. The zero-order valence-electron chi connectivity index (χ0n) is 86.2. The van der Waals surface area contributed by atoms with Crippen molar-refractivity contribution >= 4 is 77.0 Å². The number of para-hydroxylation sites is 1. The van der Waals surface area contributed by atoms with E-state index >= 15 is 0 Å². The lowest BCUT2D eigenvalue weighted by molar-refractivity contribution is -0.159. The van der Waals surface area contributed by atoms with E-state index in [-0.39, 0.29) is 140 Å². The number of hydrogen-bond acceptors (Lipinski definition) is 20. The van der Waals surface area contributed by atoms with Crippen molar-refractivity contribution in [2.45, 2.75) is 328 Å². The number of esters is 6. The first kappa shape index (κ1) is 128. The number of carbonyl (C=O) groups is 12. The largest absolute Gasteiger partial charge is 0.486 e. The van der Waals surface area contributed by atoms with Crippen LogP contribution in [0.25, 0.3) is 0 Å². The quantitative estimate of drug-likeness (QED) is 0.0122. The van der Waals surface area contributed by atoms with Gasteiger partial charge in [-0.3, -0.25) is 62.4 Å². The topological polar surface area (TPSA) is 354 Å². The van der Waals surface area contributed by atoms with Crippen LogP contribution in [0.1, 0.15) is 339 Å². The van der Waals surface area contributed by atoms with Crippen LogP contribution < -0.4 is 9.64 Å². The smallest absolute Gasteiger partial charge is 0.311 e. The molecule has 5 atom stereocenters. The van der Waals surface area contributed by atoms with E-state index in [2.05, 4.69) is 108 Å². The van der Waals surface area contributed by atoms with Crippen molar-refractivity contribution in [1.29, 1.82) is 0 Å². The number of amides is 2. The number of anilines is 1. The van der Waals surface area contributed by atoms with Crippen LogP contribution >= 0.6 is 0 Å². The second-order valence-electron chi connectivity index (χ2n) is 37.1. The molecule has 132 heavy (non-hydrogen) atoms. The highest BCUT2D eigenvalue weighted by atomic mass is 16.6. The summed E-state index contributed by atoms with van der Waals surface area (Å²) < 4.78 is 35.5. The fourth-order valence-electron chi connectivity index (χ4n) is 9.51. The number of ether oxygens (including phenoxy) is 7. The third kappa shape index (κ3) is 54.2. The number of rotatable bonds is 41. The van der Waals surface area contributed by atoms with Gasteiger partial charge in [-0.2, -0.15) is 0 Å². The SMILES string of the molecule is CC1C(=O)N(c2ccccc2)C(=O)C1C.CCC(C)(C)C(=O)O.CCC(C)(C)C(=O)O.CCC(C)(C)C(=O)OCCO.CCC(C)(C)C(=O)OCCOC(=O)CCCC(=O)O.CCC(C)(C)C(=O)OCc1ccccc1.CCC(C)C(=O)COc1ccc(C(C)(C)c2ccccc2)cc1.CCC(C)c1ccccc1.CCCCOC(=O)C(C)(C)CC.CCCCOC(=O)C(C)CC. The van der Waals surface area contributed by atoms with Crippen LogP contribution in [0, 0.1) is 56.2 Å². The summed E-state index contributed by atoms with van der Waals surface area (Å²) in [5.41, 5.74) is 2.85. The van der Waals surface area contributed by atoms with E-state index in [1.54, 1.807) is 67.5 Å². The van der Waals surface area contributed by atoms with Crippen molar-refractivity contribution in [3.05, 3.63) is 168 Å². The number of aliphatic hydroxyl groups excluding tert-OH is 1. The molecule has 0 radical (unpaired) electrons. The minimum absolute atomic E-state index is 0.00254. The molecule has 746 valence electrons. The Balaban J connectivity index is -0.000000702. The molecular formula is C108H171NO23. The molecule has 24 nitrogen and oxygen atoms in total. The van der Waals surface area contributed by atoms with Crippen molar-refractivity contribution in [1.82, 2.24) is 0 Å². The van der Waals surface area contributed by atoms with E-state index in [4.69, 9.17) is 53.6 Å². The van der Waals surface area contributed by atoms with Gasteiger partial charge < -0.3 is 53.6 Å². The lowest BCUT2D eigenvalue weighted by Crippen LogP contribution is -2.30. The summed E-state index contributed by atoms with van der Waals surface area (Å²) in [6.07, 6.45) is 11.7. The minimum atomic E-state index is -0.941. The Morgan fingerprint density at radius 1 is 0.386 bits per heavy atom. The van der Waals surface area contributed by atoms with E-state index < -0.39 is 45.5 Å². The normalized spacial score (nSPS) is 13.4. The summed E-state index contributed by atoms with van der Waals surface area (Å²) in [7, 11) is 0. The lowest BCUT2D eigenvalue weighted by Gasteiger charge is -2.26. The number of carboxylic acids is 3. The number of carboxylic acid groups (broad SMARTS) is 3. The standard InChI is InChI=1S/C21H26O2.C13H22O6.C13H18O2.C12H13NO2.C10H20O2.C10H14.C9H18O2.C8H16O3.2C6H12O2/c1-5-16(2)20(22)15-23-19-13-11-18(12-14-19)21(3,4)17-9-7-6-8-10-17;1-4-13(2,3)12(17)19-9-8-18-11(16)7-5-6-10(14)15;1-4-13(2,3)12(14)15-10-11-8-6-5-7-9-11;1-8-9(2)12(15)13(11(8)14)10-6-4-3-5-7-10;1-5-7-8-12-9(11)10(3,4)6-2;1-3-9(2)10-7-5-4-6-8-10;1-4-6-7-11-9(10)8(3)5-2;1-4-8(2,3)7(10)11-6-5-9;2*1-4-6(2,3)5(7)8/h6-14,16H,5,15H2,1-4H3;4-9H2,1-3H3,(H,14,15);5-9H,4,10H2,1-3H3;3-9H,1-2H3;5-8H2,1-4H3;4-9H,3H2,1-2H3;8H,4-7H2,1-3H3;9H,4-6H2,1-3H3;2*4H2,1-3H3,(H,7,8). The number of benzene rings is 5. The molecule has 1 aliphatic heterocycles. The number of nitrogens with zero attached hydrogens (tertiary/aromatic N) is 1. The number of carbonyl (C=O) groups excluding carboxylic acids is 9. The van der Waals surface area contributed by atoms with Crippen molar-refractivity contribution in [3.8, 4) is 5.75 Å². The second kappa shape index (κ2) is 68.8. The molecule has 24 heteroatoms. The number of Topliss-reactive ketones (excluding diaryl/α,β-unsaturated/α-hetero) is 1. The Hall–Kier alpha value is -10.1. The predicted molar refractivity (Wildman–Crippen MR) is 526 cm³/mol. The lowest BCUT2D eigenvalue weighted by atomic mass is 9.78. The molecule has 2 amide bonds. The van der Waals surface area contributed by atoms with Gasteiger partial charge in [0.05, 0.1) is 63.9 Å². The fourth-order valence-corrected chi connectivity index (χ4v) is 9.51. The minimum Gasteiger partial charge on any atom is -0.486 e. The zero-order chi connectivity index (χ0) is 102. The molecular weight excluding hydrogens is 1680 g/mol. The molecule has 5 aromatic rings. The molecule has 1 aliphatic rings. The van der Waals surface area contributed by atoms with Crippen LogP contribution in [0.4, 0.5) is 5.69 Å². The van der Waals surface area contributed by atoms with E-state index in [0.717, 1.165) is 69.1 Å². The second-order valence-corrected chi connectivity index (χ2v) is 37.1. The number of ketones is 1. The van der Waals surface area contributed by atoms with Gasteiger partial charge in [-0.15, -0.1) is 0 Å². The molecule has 0 spiro atoms. The van der Waals surface area contributed by atoms with Crippen LogP contribution in [0.3, 0.4) is 0 Å². The Labute approximate surface area is 793 Å². The van der Waals surface area contributed by atoms with Gasteiger partial charge in [0, 0.05) is 36.0 Å². The Morgan fingerprint density at radius 2 is 0.742 bits per heavy atom. The van der Waals surface area contributed by atoms with Crippen LogP contribution in [0.2, 0.25) is 0 Å². The first-order valence-electron chi connectivity index (χ1n) is 47.2. The zero-order valence-corrected chi connectivity index (χ0v) is 86.2. The number of aliphatic hydroxyl groups is 1. The number of unbranched alkanes of at least 4 members (excludes halogenated alkanes) is 2. The first-order valence-corrected chi connectivity index (χ1v) is 47.2. The average molecular weight is 1850 g/mol. The van der Waals surface area contributed by atoms with Crippen LogP contribution in [-0.2, 0) is 98.0 Å². The van der Waals surface area contributed by atoms with Gasteiger partial charge in [0.25, 0.3) is 0 Å². The third-order valence-corrected chi connectivity index (χ3v) is 23.6. The van der Waals surface area contributed by atoms with Gasteiger partial charge in [-0.1, -0.05) is 259 Å². The molecule has 0 saturated carbocycles. The molecule has 0 aromatic heterocycles. The summed E-state index contributed by atoms with van der Waals surface area (Å²) >= 11 is 0. The molecule has 6 rings (SSSR count). The number of aliphatic carboxylic acids is 3. The Bertz CT molecular complexity index is 3990. The van der Waals surface area contributed by atoms with E-state index in [0.29, 0.717) is 50.7 Å². The Kier molecular flexibility index (Phi) is 66.8. The fraction of sp³-hybridized carbons (Fsp3) is 0.611. The summed E-state index contributed by atoms with van der Waals surface area (Å²) in [6.45, 7) is 59.5. The van der Waals surface area contributed by atoms with Gasteiger partial charge in [0.2, 0.25) is 11.8 Å². The molecule has 4 N–H and O–H groups in total. The molecule has 1 heterocycles. The van der Waals surface area contributed by atoms with E-state index in [1.165, 1.54) is 28.0 Å². The number of imide groups is 1. The van der Waals surface area contributed by atoms with E-state index in [9.17, 15) is 57.5 Å². The highest BCUT2D eigenvalue weighted by molar-refractivity contribution is 6.21. The molecule has 0 aliphatic carbocycles. The van der Waals surface area contributed by atoms with Gasteiger partial charge >= 0.3 is 53.7 Å². The average Bonchev–Trinajstić information content (AvgIpc) is 1.65. The predicted octanol–water partition coefficient (Wildman–Crippen LogP) is 24.1. The summed E-state index contributed by atoms with van der Waals surface area (Å²) in [6, 6.07) is 47.9. The monoisotopic (exact) mass is 1850 g/mol. The van der Waals surface area contributed by atoms with Gasteiger partial charge in [0.1, 0.15) is 38.8 Å². The Morgan fingerprint density at radius 3 is 1.11 bits per heavy atom. The molecule has 5 aromatic carbocycles. The summed E-state index contributed by atoms with van der Waals surface area (Å²) in [4.78, 5) is 135. The van der Waals surface area contributed by atoms with Crippen molar-refractivity contribution in [3.63, 3.8) is 0 Å². The molecule has 0 bridgehead atoms. The maximum atomic E-state index is 11.8. The van der Waals surface area contributed by atoms with Crippen LogP contribution in [0.5, 0.6) is 5.75 Å². The van der Waals surface area contributed by atoms with E-state index in [1.807, 2.05) is 178 Å². The maximum Gasteiger partial charge on any atom is 0.311 e. The van der Waals surface area contributed by atoms with Crippen LogP contribution in [0.15, 0.2) is 146 Å². The van der Waals surface area contributed by atoms with Crippen molar-refractivity contribution < 1.29 is 111 Å². The molecule has 1 saturated heterocycles. The van der Waals surface area contributed by atoms with Gasteiger partial charge in [0.15, 0.2) is 5.78 Å². The molecule has 1 fully saturated rings. The number of hydrogen-bond donors (Lipinski definition) is 4. The van der Waals surface area contributed by atoms with Gasteiger partial charge in [-0.25, -0.2) is 0 Å². The highest BCUT2D eigenvalue weighted by Crippen LogP contribution is 2.34. The highest BCUT2D eigenvalue weighted by Gasteiger charge is 2.43. The summed E-state index contributed by atoms with van der Waals surface area (Å²) in [5.74, 6) is -2.57. The first-order chi connectivity index (χ1) is 61.6. The van der Waals surface area contributed by atoms with Crippen molar-refractivity contribution in [2.24, 2.45) is 56.2 Å². The third-order valence-electron chi connectivity index (χ3n) is 23.6. The van der Waals surface area contributed by atoms with Gasteiger partial charge in [-0.05, 0) is 213 Å². The molecule has 5 unspecified atom stereocenters. The maximum absolute atomic E-state index is 11.8. The van der Waals surface area contributed by atoms with Crippen LogP contribution in [-0.4, -0.2) is 138 Å².